The summed E-state index contributed by atoms with van der Waals surface area (Å²) < 4.78 is 79.4. The molecule has 1 spiro atoms. The minimum atomic E-state index is -4.83. The molecule has 2 bridgehead atoms. The third kappa shape index (κ3) is 4.55. The molecule has 5 atom stereocenters. The van der Waals surface area contributed by atoms with E-state index < -0.39 is 73.3 Å². The van der Waals surface area contributed by atoms with Gasteiger partial charge in [0.1, 0.15) is 16.5 Å². The van der Waals surface area contributed by atoms with Crippen LogP contribution in [0.3, 0.4) is 0 Å². The molecule has 37 heavy (non-hydrogen) atoms. The average molecular weight is 539 g/mol. The van der Waals surface area contributed by atoms with Crippen LogP contribution in [-0.4, -0.2) is 48.5 Å². The van der Waals surface area contributed by atoms with E-state index in [9.17, 15) is 36.5 Å². The molecule has 1 amide bonds. The summed E-state index contributed by atoms with van der Waals surface area (Å²) in [6.45, 7) is 0. The molecule has 0 radical (unpaired) electrons. The third-order valence-electron chi connectivity index (χ3n) is 6.67. The summed E-state index contributed by atoms with van der Waals surface area (Å²) in [6.07, 6.45) is -4.20. The molecule has 3 aliphatic heterocycles. The zero-order chi connectivity index (χ0) is 26.6. The van der Waals surface area contributed by atoms with Gasteiger partial charge in [0, 0.05) is 6.07 Å². The van der Waals surface area contributed by atoms with E-state index in [4.69, 9.17) is 9.47 Å². The van der Waals surface area contributed by atoms with Crippen molar-refractivity contribution < 1.29 is 40.8 Å². The molecule has 3 aliphatic rings. The summed E-state index contributed by atoms with van der Waals surface area (Å²) in [6, 6.07) is 9.54. The van der Waals surface area contributed by atoms with E-state index in [0.717, 1.165) is 11.6 Å². The van der Waals surface area contributed by atoms with Crippen molar-refractivity contribution in [1.82, 2.24) is 4.72 Å². The van der Waals surface area contributed by atoms with E-state index in [-0.39, 0.29) is 12.8 Å². The number of carbonyl (C=O) groups excluding carboxylic acids is 1. The Balaban J connectivity index is 1.45. The molecule has 2 aromatic carbocycles. The second-order valence-electron chi connectivity index (χ2n) is 8.99. The Morgan fingerprint density at radius 2 is 1.97 bits per heavy atom. The lowest BCUT2D eigenvalue weighted by atomic mass is 9.83. The number of fused-ring (bicyclic) bond motifs is 1. The summed E-state index contributed by atoms with van der Waals surface area (Å²) in [4.78, 5) is 23.3. The average Bonchev–Trinajstić information content (AvgIpc) is 3.42. The molecule has 196 valence electrons. The van der Waals surface area contributed by atoms with Crippen molar-refractivity contribution in [2.24, 2.45) is 0 Å². The number of halogens is 3. The first-order chi connectivity index (χ1) is 17.4. The van der Waals surface area contributed by atoms with Crippen LogP contribution in [0.25, 0.3) is 0 Å². The lowest BCUT2D eigenvalue weighted by molar-refractivity contribution is -0.384. The summed E-state index contributed by atoms with van der Waals surface area (Å²) >= 11 is 0. The number of ether oxygens (including phenoxy) is 2. The number of hydrogen-bond donors (Lipinski definition) is 2. The number of benzene rings is 2. The third-order valence-corrected chi connectivity index (χ3v) is 8.61. The van der Waals surface area contributed by atoms with Crippen molar-refractivity contribution in [2.45, 2.75) is 48.1 Å². The van der Waals surface area contributed by atoms with Crippen molar-refractivity contribution in [1.29, 1.82) is 0 Å². The number of rotatable bonds is 5. The summed E-state index contributed by atoms with van der Waals surface area (Å²) in [5.74, 6) is 0. The van der Waals surface area contributed by atoms with E-state index in [1.165, 1.54) is 0 Å². The monoisotopic (exact) mass is 539 g/mol. The van der Waals surface area contributed by atoms with Crippen molar-refractivity contribution in [3.63, 3.8) is 0 Å². The van der Waals surface area contributed by atoms with Crippen molar-refractivity contribution >= 4 is 27.5 Å². The van der Waals surface area contributed by atoms with Crippen LogP contribution >= 0.6 is 0 Å². The van der Waals surface area contributed by atoms with Gasteiger partial charge >= 0.3 is 12.3 Å². The number of alkyl halides is 3. The quantitative estimate of drug-likeness (QED) is 0.337. The van der Waals surface area contributed by atoms with Crippen LogP contribution in [0.4, 0.5) is 29.3 Å². The Labute approximate surface area is 208 Å². The topological polar surface area (TPSA) is 137 Å². The van der Waals surface area contributed by atoms with Crippen LogP contribution in [-0.2, 0) is 32.1 Å². The van der Waals surface area contributed by atoms with E-state index in [1.54, 1.807) is 42.5 Å². The number of hydrogen-bond acceptors (Lipinski definition) is 7. The predicted octanol–water partition coefficient (Wildman–Crippen LogP) is 3.54. The first-order valence-corrected chi connectivity index (χ1v) is 12.7. The van der Waals surface area contributed by atoms with Gasteiger partial charge in [0.25, 0.3) is 5.69 Å². The standard InChI is InChI=1S/C23H20F3N3O7S/c24-23(25,26)14-6-7-16(18(11-14)29(31)32)27-21(30)35-20-17(10-13-4-2-1-3-5-13)28-37(33,34)19-12-15-8-9-22(19,20)36-15/h1-9,11,15,17,19-20,28H,10,12H2,(H,27,30)/t15-,17-,19-,20-,22+/m0/s1. The molecule has 5 rings (SSSR count). The first kappa shape index (κ1) is 25.2. The van der Waals surface area contributed by atoms with Gasteiger partial charge in [-0.3, -0.25) is 15.4 Å². The predicted molar refractivity (Wildman–Crippen MR) is 123 cm³/mol. The van der Waals surface area contributed by atoms with Crippen molar-refractivity contribution in [3.8, 4) is 0 Å². The lowest BCUT2D eigenvalue weighted by Gasteiger charge is -2.45. The normalized spacial score (nSPS) is 29.5. The lowest BCUT2D eigenvalue weighted by Crippen LogP contribution is -2.68. The Hall–Kier alpha value is -3.49. The van der Waals surface area contributed by atoms with Gasteiger partial charge in [-0.05, 0) is 36.6 Å². The molecule has 2 saturated heterocycles. The first-order valence-electron chi connectivity index (χ1n) is 11.1. The smallest absolute Gasteiger partial charge is 0.416 e. The summed E-state index contributed by atoms with van der Waals surface area (Å²) in [7, 11) is -3.87. The van der Waals surface area contributed by atoms with Gasteiger partial charge in [-0.15, -0.1) is 0 Å². The number of anilines is 1. The number of nitro groups is 1. The second kappa shape index (κ2) is 8.82. The van der Waals surface area contributed by atoms with Gasteiger partial charge in [0.05, 0.1) is 22.6 Å². The Bertz CT molecular complexity index is 1380. The molecule has 0 aliphatic carbocycles. The van der Waals surface area contributed by atoms with Gasteiger partial charge in [-0.2, -0.15) is 13.2 Å². The molecule has 2 aromatic rings. The van der Waals surface area contributed by atoms with Crippen LogP contribution < -0.4 is 10.0 Å². The number of amides is 1. The SMILES string of the molecule is O=C(Nc1ccc(C(F)(F)F)cc1[N+](=O)[O-])O[C@H]1[C@H](Cc2ccccc2)NS(=O)(=O)[C@H]2C[C@@H]3C=C[C@]12O3. The number of sulfonamides is 1. The van der Waals surface area contributed by atoms with E-state index in [2.05, 4.69) is 10.0 Å². The summed E-state index contributed by atoms with van der Waals surface area (Å²) in [5.41, 5.74) is -3.50. The minimum absolute atomic E-state index is 0.134. The second-order valence-corrected chi connectivity index (χ2v) is 10.9. The molecule has 0 unspecified atom stereocenters. The largest absolute Gasteiger partial charge is 0.441 e. The zero-order valence-corrected chi connectivity index (χ0v) is 19.7. The minimum Gasteiger partial charge on any atom is -0.441 e. The highest BCUT2D eigenvalue weighted by molar-refractivity contribution is 7.90. The van der Waals surface area contributed by atoms with Crippen molar-refractivity contribution in [3.05, 3.63) is 81.9 Å². The van der Waals surface area contributed by atoms with Crippen molar-refractivity contribution in [2.75, 3.05) is 5.32 Å². The van der Waals surface area contributed by atoms with Crippen LogP contribution in [0.15, 0.2) is 60.7 Å². The fourth-order valence-electron chi connectivity index (χ4n) is 5.10. The summed E-state index contributed by atoms with van der Waals surface area (Å²) in [5, 5.41) is 12.5. The molecule has 2 N–H and O–H groups in total. The zero-order valence-electron chi connectivity index (χ0n) is 18.8. The number of nitrogens with one attached hydrogen (secondary N) is 2. The molecular weight excluding hydrogens is 519 g/mol. The Kier molecular flexibility index (Phi) is 6.00. The highest BCUT2D eigenvalue weighted by Gasteiger charge is 2.66. The highest BCUT2D eigenvalue weighted by Crippen LogP contribution is 2.49. The van der Waals surface area contributed by atoms with Gasteiger partial charge in [0.15, 0.2) is 6.10 Å². The number of carbonyl (C=O) groups is 1. The van der Waals surface area contributed by atoms with Crippen LogP contribution in [0.5, 0.6) is 0 Å². The maximum Gasteiger partial charge on any atom is 0.416 e. The molecule has 0 aromatic heterocycles. The maximum absolute atomic E-state index is 13.1. The van der Waals surface area contributed by atoms with Crippen LogP contribution in [0.2, 0.25) is 0 Å². The Morgan fingerprint density at radius 3 is 2.62 bits per heavy atom. The number of nitrogens with zero attached hydrogens (tertiary/aromatic N) is 1. The Morgan fingerprint density at radius 1 is 1.24 bits per heavy atom. The highest BCUT2D eigenvalue weighted by atomic mass is 32.2. The van der Waals surface area contributed by atoms with Gasteiger partial charge in [-0.25, -0.2) is 17.9 Å². The number of nitro benzene ring substituents is 1. The van der Waals surface area contributed by atoms with E-state index in [0.29, 0.717) is 12.1 Å². The molecule has 14 heteroatoms. The molecular formula is C23H20F3N3O7S. The van der Waals surface area contributed by atoms with Gasteiger partial charge in [0.2, 0.25) is 10.0 Å². The molecule has 2 fully saturated rings. The molecule has 0 saturated carbocycles. The fourth-order valence-corrected chi connectivity index (χ4v) is 7.09. The fraction of sp³-hybridized carbons (Fsp3) is 0.348. The van der Waals surface area contributed by atoms with E-state index >= 15 is 0 Å². The maximum atomic E-state index is 13.1. The van der Waals surface area contributed by atoms with Gasteiger partial charge < -0.3 is 9.47 Å². The van der Waals surface area contributed by atoms with Crippen LogP contribution in [0.1, 0.15) is 17.5 Å². The van der Waals surface area contributed by atoms with Crippen LogP contribution in [0, 0.1) is 10.1 Å². The van der Waals surface area contributed by atoms with Gasteiger partial charge in [-0.1, -0.05) is 36.4 Å². The molecule has 3 heterocycles. The molecule has 10 nitrogen and oxygen atoms in total. The van der Waals surface area contributed by atoms with E-state index in [1.807, 2.05) is 0 Å².